The van der Waals surface area contributed by atoms with Gasteiger partial charge in [-0.05, 0) is 96.6 Å². The molecule has 0 aromatic heterocycles. The van der Waals surface area contributed by atoms with Gasteiger partial charge in [0.2, 0.25) is 11.8 Å². The van der Waals surface area contributed by atoms with Gasteiger partial charge in [-0.1, -0.05) is 13.0 Å². The molecule has 3 heterocycles. The van der Waals surface area contributed by atoms with Crippen LogP contribution in [0.15, 0.2) is 30.5 Å². The molecule has 2 amide bonds. The van der Waals surface area contributed by atoms with E-state index in [1.165, 1.54) is 32.4 Å². The van der Waals surface area contributed by atoms with E-state index in [9.17, 15) is 9.59 Å². The minimum absolute atomic E-state index is 0.0652. The molecule has 4 aliphatic rings. The largest absolute Gasteiger partial charge is 0.479 e. The van der Waals surface area contributed by atoms with E-state index in [-0.39, 0.29) is 29.7 Å². The lowest BCUT2D eigenvalue weighted by atomic mass is 9.88. The highest BCUT2D eigenvalue weighted by molar-refractivity contribution is 5.97. The predicted octanol–water partition coefficient (Wildman–Crippen LogP) is 3.93. The van der Waals surface area contributed by atoms with Crippen molar-refractivity contribution in [2.24, 2.45) is 11.8 Å². The van der Waals surface area contributed by atoms with E-state index in [1.54, 1.807) is 7.11 Å². The van der Waals surface area contributed by atoms with Crippen molar-refractivity contribution in [1.29, 1.82) is 0 Å². The topological polar surface area (TPSA) is 86.4 Å². The van der Waals surface area contributed by atoms with E-state index < -0.39 is 5.60 Å². The van der Waals surface area contributed by atoms with E-state index in [2.05, 4.69) is 33.1 Å². The zero-order valence-electron chi connectivity index (χ0n) is 26.0. The first-order valence-corrected chi connectivity index (χ1v) is 16.1. The van der Waals surface area contributed by atoms with Crippen LogP contribution in [-0.2, 0) is 14.3 Å². The van der Waals surface area contributed by atoms with Crippen LogP contribution in [0.1, 0.15) is 65.2 Å². The van der Waals surface area contributed by atoms with Crippen molar-refractivity contribution in [3.05, 3.63) is 30.5 Å². The normalized spacial score (nSPS) is 24.1. The van der Waals surface area contributed by atoms with Crippen LogP contribution in [0.3, 0.4) is 0 Å². The maximum atomic E-state index is 14.1. The third kappa shape index (κ3) is 7.29. The SMILES string of the molecule is C=C1N(CCCOC)c2cc(N(C(=O)[C@H]3CNC[C@@H](C(=O)NCCCN4CCCCC4)C3)C3CC3)ccc2OC1(C)C. The first-order chi connectivity index (χ1) is 20.3. The first-order valence-electron chi connectivity index (χ1n) is 16.1. The van der Waals surface area contributed by atoms with Crippen LogP contribution >= 0.6 is 0 Å². The van der Waals surface area contributed by atoms with Gasteiger partial charge in [0.25, 0.3) is 0 Å². The zero-order valence-corrected chi connectivity index (χ0v) is 26.0. The molecule has 0 spiro atoms. The minimum atomic E-state index is -0.523. The Morgan fingerprint density at radius 1 is 1.12 bits per heavy atom. The highest BCUT2D eigenvalue weighted by Gasteiger charge is 2.41. The summed E-state index contributed by atoms with van der Waals surface area (Å²) in [6.07, 6.45) is 8.31. The van der Waals surface area contributed by atoms with E-state index in [4.69, 9.17) is 9.47 Å². The van der Waals surface area contributed by atoms with E-state index >= 15 is 0 Å². The maximum absolute atomic E-state index is 14.1. The fraction of sp³-hybridized carbons (Fsp3) is 0.697. The summed E-state index contributed by atoms with van der Waals surface area (Å²) in [6, 6.07) is 6.28. The monoisotopic (exact) mass is 581 g/mol. The molecule has 1 aliphatic carbocycles. The molecule has 3 aliphatic heterocycles. The van der Waals surface area contributed by atoms with Gasteiger partial charge >= 0.3 is 0 Å². The van der Waals surface area contributed by atoms with Gasteiger partial charge in [-0.25, -0.2) is 0 Å². The third-order valence-electron chi connectivity index (χ3n) is 9.25. The Bertz CT molecular complexity index is 1110. The van der Waals surface area contributed by atoms with Crippen molar-refractivity contribution in [1.82, 2.24) is 15.5 Å². The summed E-state index contributed by atoms with van der Waals surface area (Å²) < 4.78 is 11.6. The fourth-order valence-corrected chi connectivity index (χ4v) is 6.60. The Balaban J connectivity index is 1.24. The smallest absolute Gasteiger partial charge is 0.231 e. The number of ether oxygens (including phenoxy) is 2. The number of piperidine rings is 2. The Hall–Kier alpha value is -2.62. The Labute approximate surface area is 252 Å². The lowest BCUT2D eigenvalue weighted by molar-refractivity contribution is -0.128. The molecule has 1 aromatic rings. The number of benzene rings is 1. The van der Waals surface area contributed by atoms with Crippen molar-refractivity contribution in [2.45, 2.75) is 76.9 Å². The molecule has 1 aromatic carbocycles. The number of nitrogens with zero attached hydrogens (tertiary/aromatic N) is 3. The second kappa shape index (κ2) is 13.8. The van der Waals surface area contributed by atoms with Gasteiger partial charge < -0.3 is 34.8 Å². The van der Waals surface area contributed by atoms with Crippen LogP contribution in [0, 0.1) is 11.8 Å². The molecule has 5 rings (SSSR count). The molecule has 2 atom stereocenters. The van der Waals surface area contributed by atoms with E-state index in [0.717, 1.165) is 61.6 Å². The molecule has 2 saturated heterocycles. The lowest BCUT2D eigenvalue weighted by Gasteiger charge is -2.43. The van der Waals surface area contributed by atoms with Crippen molar-refractivity contribution in [3.63, 3.8) is 0 Å². The van der Waals surface area contributed by atoms with Crippen molar-refractivity contribution in [3.8, 4) is 5.75 Å². The van der Waals surface area contributed by atoms with Gasteiger partial charge in [-0.3, -0.25) is 9.59 Å². The molecule has 0 radical (unpaired) electrons. The van der Waals surface area contributed by atoms with Crippen LogP contribution in [-0.4, -0.2) is 87.9 Å². The van der Waals surface area contributed by atoms with Gasteiger partial charge in [-0.15, -0.1) is 0 Å². The van der Waals surface area contributed by atoms with Crippen LogP contribution < -0.4 is 25.2 Å². The van der Waals surface area contributed by atoms with Gasteiger partial charge in [0.1, 0.15) is 11.4 Å². The van der Waals surface area contributed by atoms with Crippen molar-refractivity contribution in [2.75, 3.05) is 69.3 Å². The molecule has 9 heteroatoms. The molecule has 0 unspecified atom stereocenters. The summed E-state index contributed by atoms with van der Waals surface area (Å²) in [6.45, 7) is 15.2. The summed E-state index contributed by atoms with van der Waals surface area (Å²) in [4.78, 5) is 33.8. The van der Waals surface area contributed by atoms with Gasteiger partial charge in [-0.2, -0.15) is 0 Å². The number of likely N-dealkylation sites (tertiary alicyclic amines) is 1. The molecule has 42 heavy (non-hydrogen) atoms. The molecule has 1 saturated carbocycles. The number of carbonyl (C=O) groups excluding carboxylic acids is 2. The van der Waals surface area contributed by atoms with Crippen molar-refractivity contribution < 1.29 is 19.1 Å². The quantitative estimate of drug-likeness (QED) is 0.362. The summed E-state index contributed by atoms with van der Waals surface area (Å²) in [5.74, 6) is 0.544. The molecule has 232 valence electrons. The Morgan fingerprint density at radius 3 is 2.62 bits per heavy atom. The zero-order chi connectivity index (χ0) is 29.7. The summed E-state index contributed by atoms with van der Waals surface area (Å²) in [5, 5.41) is 6.54. The minimum Gasteiger partial charge on any atom is -0.479 e. The predicted molar refractivity (Wildman–Crippen MR) is 167 cm³/mol. The lowest BCUT2D eigenvalue weighted by Crippen LogP contribution is -2.50. The summed E-state index contributed by atoms with van der Waals surface area (Å²) in [5.41, 5.74) is 2.20. The number of hydrogen-bond donors (Lipinski definition) is 2. The first kappa shape index (κ1) is 30.8. The van der Waals surface area contributed by atoms with Crippen molar-refractivity contribution >= 4 is 23.2 Å². The Morgan fingerprint density at radius 2 is 1.88 bits per heavy atom. The number of fused-ring (bicyclic) bond motifs is 1. The Kier molecular flexibility index (Phi) is 10.1. The van der Waals surface area contributed by atoms with Gasteiger partial charge in [0.15, 0.2) is 0 Å². The number of carbonyl (C=O) groups is 2. The molecule has 0 bridgehead atoms. The highest BCUT2D eigenvalue weighted by Crippen LogP contribution is 2.45. The average Bonchev–Trinajstić information content (AvgIpc) is 3.83. The molecular weight excluding hydrogens is 530 g/mol. The second-order valence-electron chi connectivity index (χ2n) is 13.0. The van der Waals surface area contributed by atoms with E-state index in [1.807, 2.05) is 30.9 Å². The fourth-order valence-electron chi connectivity index (χ4n) is 6.60. The number of hydrogen-bond acceptors (Lipinski definition) is 7. The number of rotatable bonds is 12. The highest BCUT2D eigenvalue weighted by atomic mass is 16.5. The number of amides is 2. The summed E-state index contributed by atoms with van der Waals surface area (Å²) >= 11 is 0. The third-order valence-corrected chi connectivity index (χ3v) is 9.25. The molecule has 9 nitrogen and oxygen atoms in total. The number of anilines is 2. The standard InChI is InChI=1S/C33H51N5O4/c1-24-33(2,3)42-30-13-12-28(21-29(30)37(24)18-9-19-41-4)38(27-10-11-27)32(40)26-20-25(22-34-23-26)31(39)35-14-8-17-36-15-6-5-7-16-36/h12-13,21,25-27,34H,1,5-11,14-20,22-23H2,2-4H3,(H,35,39)/t25-,26+/m0/s1. The molecule has 2 N–H and O–H groups in total. The molecule has 3 fully saturated rings. The maximum Gasteiger partial charge on any atom is 0.231 e. The second-order valence-corrected chi connectivity index (χ2v) is 13.0. The van der Waals surface area contributed by atoms with E-state index in [0.29, 0.717) is 32.7 Å². The van der Waals surface area contributed by atoms with Crippen LogP contribution in [0.4, 0.5) is 11.4 Å². The van der Waals surface area contributed by atoms with Crippen LogP contribution in [0.5, 0.6) is 5.75 Å². The summed E-state index contributed by atoms with van der Waals surface area (Å²) in [7, 11) is 1.72. The van der Waals surface area contributed by atoms with Crippen LogP contribution in [0.25, 0.3) is 0 Å². The number of nitrogens with one attached hydrogen (secondary N) is 2. The number of methoxy groups -OCH3 is 1. The molecular formula is C33H51N5O4. The van der Waals surface area contributed by atoms with Crippen LogP contribution in [0.2, 0.25) is 0 Å². The average molecular weight is 582 g/mol. The van der Waals surface area contributed by atoms with Gasteiger partial charge in [0.05, 0.1) is 23.2 Å². The van der Waals surface area contributed by atoms with Gasteiger partial charge in [0, 0.05) is 51.6 Å².